The number of carbonyl (C=O) groups is 1. The summed E-state index contributed by atoms with van der Waals surface area (Å²) in [5.74, 6) is 1.00. The number of β-amino-alcohol motifs (C(OH)–C–C–N with tert-alkyl or cyclic N) is 1. The normalized spacial score (nSPS) is 19.2. The molecule has 0 saturated carbocycles. The average molecular weight is 348 g/mol. The molecular formula is C16H24N6O3. The first-order chi connectivity index (χ1) is 12.0. The van der Waals surface area contributed by atoms with E-state index >= 15 is 0 Å². The predicted molar refractivity (Wildman–Crippen MR) is 88.3 cm³/mol. The summed E-state index contributed by atoms with van der Waals surface area (Å²) in [7, 11) is 0. The van der Waals surface area contributed by atoms with Gasteiger partial charge in [-0.3, -0.25) is 14.4 Å². The maximum absolute atomic E-state index is 12.0. The van der Waals surface area contributed by atoms with Gasteiger partial charge < -0.3 is 14.5 Å². The Balaban J connectivity index is 1.53. The lowest BCUT2D eigenvalue weighted by Crippen LogP contribution is -2.41. The number of amides is 1. The van der Waals surface area contributed by atoms with Crippen LogP contribution < -0.4 is 0 Å². The van der Waals surface area contributed by atoms with Crippen LogP contribution in [0.3, 0.4) is 0 Å². The van der Waals surface area contributed by atoms with Gasteiger partial charge in [-0.05, 0) is 12.5 Å². The number of aryl methyl sites for hydroxylation is 1. The van der Waals surface area contributed by atoms with E-state index in [1.54, 1.807) is 29.6 Å². The second kappa shape index (κ2) is 7.75. The Hall–Kier alpha value is -2.26. The van der Waals surface area contributed by atoms with Crippen molar-refractivity contribution in [2.24, 2.45) is 0 Å². The number of likely N-dealkylation sites (tertiary alicyclic amines) is 1. The van der Waals surface area contributed by atoms with Crippen LogP contribution in [0.2, 0.25) is 0 Å². The van der Waals surface area contributed by atoms with Crippen LogP contribution in [0.5, 0.6) is 0 Å². The fourth-order valence-corrected chi connectivity index (χ4v) is 3.27. The second-order valence-electron chi connectivity index (χ2n) is 6.46. The molecule has 3 rings (SSSR count). The van der Waals surface area contributed by atoms with Crippen molar-refractivity contribution in [3.63, 3.8) is 0 Å². The zero-order valence-electron chi connectivity index (χ0n) is 14.6. The third-order valence-corrected chi connectivity index (χ3v) is 4.40. The Morgan fingerprint density at radius 3 is 3.00 bits per heavy atom. The van der Waals surface area contributed by atoms with Gasteiger partial charge >= 0.3 is 0 Å². The highest BCUT2D eigenvalue weighted by Gasteiger charge is 2.31. The Morgan fingerprint density at radius 2 is 2.36 bits per heavy atom. The van der Waals surface area contributed by atoms with Crippen LogP contribution in [0.15, 0.2) is 23.0 Å². The highest BCUT2D eigenvalue weighted by molar-refractivity contribution is 5.73. The molecule has 3 heterocycles. The molecule has 0 radical (unpaired) electrons. The standard InChI is InChI=1S/C16H24N6O3/c1-12-18-16(19-25-12)11-22(13(2)23)14-4-7-20(8-14)9-15(24)10-21-6-3-5-17-21/h3,5-6,14-15,24H,4,7-11H2,1-2H3/t14-,15+/m1/s1. The lowest BCUT2D eigenvalue weighted by atomic mass is 10.2. The Bertz CT molecular complexity index is 686. The van der Waals surface area contributed by atoms with Crippen LogP contribution in [0.1, 0.15) is 25.1 Å². The van der Waals surface area contributed by atoms with Gasteiger partial charge in [-0.25, -0.2) is 0 Å². The van der Waals surface area contributed by atoms with Crippen LogP contribution >= 0.6 is 0 Å². The van der Waals surface area contributed by atoms with Crippen molar-refractivity contribution in [2.45, 2.75) is 45.5 Å². The molecule has 0 aromatic carbocycles. The summed E-state index contributed by atoms with van der Waals surface area (Å²) in [6.45, 7) is 6.23. The average Bonchev–Trinajstić information content (AvgIpc) is 3.27. The maximum Gasteiger partial charge on any atom is 0.223 e. The van der Waals surface area contributed by atoms with Crippen molar-refractivity contribution in [1.29, 1.82) is 0 Å². The summed E-state index contributed by atoms with van der Waals surface area (Å²) in [6.07, 6.45) is 3.90. The molecule has 0 bridgehead atoms. The molecule has 0 spiro atoms. The highest BCUT2D eigenvalue weighted by atomic mass is 16.5. The maximum atomic E-state index is 12.0. The molecule has 136 valence electrons. The first-order valence-electron chi connectivity index (χ1n) is 8.45. The SMILES string of the molecule is CC(=O)N(Cc1noc(C)n1)[C@@H]1CCN(C[C@H](O)Cn2cccn2)C1. The van der Waals surface area contributed by atoms with Crippen LogP contribution in [-0.4, -0.2) is 72.5 Å². The molecule has 9 heteroatoms. The van der Waals surface area contributed by atoms with Gasteiger partial charge in [-0.2, -0.15) is 10.1 Å². The number of hydrogen-bond acceptors (Lipinski definition) is 7. The first-order valence-corrected chi connectivity index (χ1v) is 8.45. The minimum atomic E-state index is -0.496. The van der Waals surface area contributed by atoms with Gasteiger partial charge in [0.05, 0.1) is 19.2 Å². The van der Waals surface area contributed by atoms with E-state index in [1.165, 1.54) is 0 Å². The number of rotatable bonds is 7. The van der Waals surface area contributed by atoms with Gasteiger partial charge in [-0.15, -0.1) is 0 Å². The summed E-state index contributed by atoms with van der Waals surface area (Å²) in [5.41, 5.74) is 0. The molecule has 9 nitrogen and oxygen atoms in total. The van der Waals surface area contributed by atoms with E-state index < -0.39 is 6.10 Å². The van der Waals surface area contributed by atoms with Crippen LogP contribution in [-0.2, 0) is 17.9 Å². The number of hydrogen-bond donors (Lipinski definition) is 1. The summed E-state index contributed by atoms with van der Waals surface area (Å²) in [4.78, 5) is 20.2. The lowest BCUT2D eigenvalue weighted by molar-refractivity contribution is -0.131. The smallest absolute Gasteiger partial charge is 0.223 e. The minimum Gasteiger partial charge on any atom is -0.390 e. The van der Waals surface area contributed by atoms with Crippen molar-refractivity contribution in [3.05, 3.63) is 30.2 Å². The van der Waals surface area contributed by atoms with E-state index in [1.807, 2.05) is 12.3 Å². The van der Waals surface area contributed by atoms with Gasteiger partial charge in [0.1, 0.15) is 0 Å². The van der Waals surface area contributed by atoms with Gasteiger partial charge in [0, 0.05) is 51.9 Å². The van der Waals surface area contributed by atoms with Gasteiger partial charge in [0.2, 0.25) is 11.8 Å². The van der Waals surface area contributed by atoms with E-state index in [0.29, 0.717) is 31.3 Å². The minimum absolute atomic E-state index is 0.00797. The molecule has 1 fully saturated rings. The monoisotopic (exact) mass is 348 g/mol. The molecule has 1 aliphatic heterocycles. The van der Waals surface area contributed by atoms with E-state index in [9.17, 15) is 9.90 Å². The summed E-state index contributed by atoms with van der Waals surface area (Å²) >= 11 is 0. The molecular weight excluding hydrogens is 324 g/mol. The third-order valence-electron chi connectivity index (χ3n) is 4.40. The summed E-state index contributed by atoms with van der Waals surface area (Å²) in [6, 6.07) is 1.93. The van der Waals surface area contributed by atoms with Gasteiger partial charge in [0.25, 0.3) is 0 Å². The lowest BCUT2D eigenvalue weighted by Gasteiger charge is -2.27. The second-order valence-corrected chi connectivity index (χ2v) is 6.46. The molecule has 1 N–H and O–H groups in total. The number of nitrogens with zero attached hydrogens (tertiary/aromatic N) is 6. The van der Waals surface area contributed by atoms with Crippen molar-refractivity contribution in [1.82, 2.24) is 29.7 Å². The van der Waals surface area contributed by atoms with E-state index in [-0.39, 0.29) is 11.9 Å². The molecule has 1 saturated heterocycles. The van der Waals surface area contributed by atoms with Gasteiger partial charge in [-0.1, -0.05) is 5.16 Å². The van der Waals surface area contributed by atoms with Gasteiger partial charge in [0.15, 0.2) is 5.82 Å². The Morgan fingerprint density at radius 1 is 1.52 bits per heavy atom. The highest BCUT2D eigenvalue weighted by Crippen LogP contribution is 2.18. The fourth-order valence-electron chi connectivity index (χ4n) is 3.27. The Labute approximate surface area is 146 Å². The van der Waals surface area contributed by atoms with E-state index in [0.717, 1.165) is 19.5 Å². The molecule has 2 aromatic heterocycles. The molecule has 1 amide bonds. The van der Waals surface area contributed by atoms with Crippen LogP contribution in [0.25, 0.3) is 0 Å². The van der Waals surface area contributed by atoms with Crippen LogP contribution in [0.4, 0.5) is 0 Å². The number of carbonyl (C=O) groups excluding carboxylic acids is 1. The van der Waals surface area contributed by atoms with E-state index in [2.05, 4.69) is 20.1 Å². The van der Waals surface area contributed by atoms with Crippen LogP contribution in [0, 0.1) is 6.92 Å². The molecule has 0 aliphatic carbocycles. The quantitative estimate of drug-likeness (QED) is 0.755. The van der Waals surface area contributed by atoms with Crippen molar-refractivity contribution in [3.8, 4) is 0 Å². The van der Waals surface area contributed by atoms with Crippen molar-refractivity contribution in [2.75, 3.05) is 19.6 Å². The zero-order valence-corrected chi connectivity index (χ0v) is 14.6. The predicted octanol–water partition coefficient (Wildman–Crippen LogP) is 0.0584. The fraction of sp³-hybridized carbons (Fsp3) is 0.625. The van der Waals surface area contributed by atoms with E-state index in [4.69, 9.17) is 4.52 Å². The largest absolute Gasteiger partial charge is 0.390 e. The third kappa shape index (κ3) is 4.64. The number of aliphatic hydroxyl groups is 1. The summed E-state index contributed by atoms with van der Waals surface area (Å²) in [5, 5.41) is 18.2. The number of aromatic nitrogens is 4. The first kappa shape index (κ1) is 17.6. The number of aliphatic hydroxyl groups excluding tert-OH is 1. The summed E-state index contributed by atoms with van der Waals surface area (Å²) < 4.78 is 6.70. The van der Waals surface area contributed by atoms with Crippen molar-refractivity contribution >= 4 is 5.91 Å². The Kier molecular flexibility index (Phi) is 5.44. The zero-order chi connectivity index (χ0) is 17.8. The molecule has 25 heavy (non-hydrogen) atoms. The topological polar surface area (TPSA) is 101 Å². The molecule has 2 aromatic rings. The molecule has 0 unspecified atom stereocenters. The molecule has 2 atom stereocenters. The van der Waals surface area contributed by atoms with Crippen molar-refractivity contribution < 1.29 is 14.4 Å². The molecule has 1 aliphatic rings.